The van der Waals surface area contributed by atoms with Crippen molar-refractivity contribution < 1.29 is 13.2 Å². The Morgan fingerprint density at radius 2 is 0.982 bits per heavy atom. The average molecular weight is 734 g/mol. The van der Waals surface area contributed by atoms with E-state index in [1.165, 1.54) is 12.1 Å². The van der Waals surface area contributed by atoms with Crippen molar-refractivity contribution in [1.82, 2.24) is 29.1 Å². The Balaban J connectivity index is 1.33. The second-order valence-electron chi connectivity index (χ2n) is 13.3. The van der Waals surface area contributed by atoms with Gasteiger partial charge in [0.2, 0.25) is 0 Å². The average Bonchev–Trinajstić information content (AvgIpc) is 3.75. The molecule has 4 aromatic heterocycles. The first kappa shape index (κ1) is 33.0. The first-order chi connectivity index (χ1) is 27.4. The van der Waals surface area contributed by atoms with E-state index in [2.05, 4.69) is 26.0 Å². The minimum Gasteiger partial charge on any atom is -0.308 e. The summed E-state index contributed by atoms with van der Waals surface area (Å²) in [6, 6.07) is 42.3. The van der Waals surface area contributed by atoms with E-state index in [1.54, 1.807) is 55.1 Å². The van der Waals surface area contributed by atoms with E-state index >= 15 is 0 Å². The van der Waals surface area contributed by atoms with Crippen LogP contribution in [0.25, 0.3) is 88.9 Å². The number of para-hydroxylation sites is 2. The first-order valence-electron chi connectivity index (χ1n) is 17.8. The van der Waals surface area contributed by atoms with Crippen LogP contribution >= 0.6 is 0 Å². The number of fused-ring (bicyclic) bond motifs is 6. The van der Waals surface area contributed by atoms with Crippen LogP contribution in [0.5, 0.6) is 0 Å². The van der Waals surface area contributed by atoms with Crippen LogP contribution in [0.4, 0.5) is 13.2 Å². The third-order valence-corrected chi connectivity index (χ3v) is 10.2. The zero-order valence-corrected chi connectivity index (χ0v) is 29.3. The summed E-state index contributed by atoms with van der Waals surface area (Å²) in [6.07, 6.45) is 2.09. The van der Waals surface area contributed by atoms with Gasteiger partial charge in [0, 0.05) is 63.0 Å². The molecule has 0 saturated carbocycles. The summed E-state index contributed by atoms with van der Waals surface area (Å²) in [5.74, 6) is 1.12. The molecule has 10 aromatic rings. The Bertz CT molecular complexity index is 3200. The molecule has 0 amide bonds. The van der Waals surface area contributed by atoms with Crippen LogP contribution in [0, 0.1) is 11.3 Å². The summed E-state index contributed by atoms with van der Waals surface area (Å²) in [5.41, 5.74) is 5.17. The van der Waals surface area contributed by atoms with Gasteiger partial charge in [0.05, 0.1) is 39.0 Å². The second kappa shape index (κ2) is 12.7. The third-order valence-electron chi connectivity index (χ3n) is 10.2. The molecule has 0 N–H and O–H groups in total. The van der Waals surface area contributed by atoms with E-state index in [0.717, 1.165) is 55.3 Å². The molecule has 0 aliphatic carbocycles. The Morgan fingerprint density at radius 1 is 0.482 bits per heavy atom. The van der Waals surface area contributed by atoms with Gasteiger partial charge < -0.3 is 9.13 Å². The maximum absolute atomic E-state index is 14.8. The molecular weight excluding hydrogens is 708 g/mol. The van der Waals surface area contributed by atoms with Crippen molar-refractivity contribution in [2.45, 2.75) is 6.18 Å². The first-order valence-corrected chi connectivity index (χ1v) is 17.8. The normalized spacial score (nSPS) is 11.8. The van der Waals surface area contributed by atoms with Crippen LogP contribution in [0.15, 0.2) is 158 Å². The van der Waals surface area contributed by atoms with E-state index in [1.807, 2.05) is 94.1 Å². The smallest absolute Gasteiger partial charge is 0.308 e. The molecule has 266 valence electrons. The predicted molar refractivity (Wildman–Crippen MR) is 212 cm³/mol. The zero-order chi connectivity index (χ0) is 38.0. The minimum atomic E-state index is -4.66. The highest BCUT2D eigenvalue weighted by Gasteiger charge is 2.35. The largest absolute Gasteiger partial charge is 0.417 e. The summed E-state index contributed by atoms with van der Waals surface area (Å²) in [4.78, 5) is 17.8. The number of aromatic nitrogens is 6. The van der Waals surface area contributed by atoms with Gasteiger partial charge in [-0.1, -0.05) is 60.7 Å². The highest BCUT2D eigenvalue weighted by atomic mass is 19.4. The number of alkyl halides is 3. The van der Waals surface area contributed by atoms with E-state index < -0.39 is 11.7 Å². The van der Waals surface area contributed by atoms with Gasteiger partial charge in [0.25, 0.3) is 0 Å². The summed E-state index contributed by atoms with van der Waals surface area (Å²) in [5, 5.41) is 14.9. The number of halogens is 3. The quantitative estimate of drug-likeness (QED) is 0.176. The lowest BCUT2D eigenvalue weighted by Gasteiger charge is -2.21. The fraction of sp³-hybridized carbons (Fsp3) is 0.0217. The van der Waals surface area contributed by atoms with Gasteiger partial charge in [-0.3, -0.25) is 0 Å². The van der Waals surface area contributed by atoms with E-state index in [0.29, 0.717) is 28.5 Å². The number of nitrogens with zero attached hydrogens (tertiary/aromatic N) is 7. The Kier molecular flexibility index (Phi) is 7.50. The van der Waals surface area contributed by atoms with E-state index in [4.69, 9.17) is 0 Å². The Morgan fingerprint density at radius 3 is 1.55 bits per heavy atom. The van der Waals surface area contributed by atoms with Crippen molar-refractivity contribution in [3.05, 3.63) is 169 Å². The third kappa shape index (κ3) is 5.13. The molecule has 10 heteroatoms. The number of hydrogen-bond donors (Lipinski definition) is 0. The van der Waals surface area contributed by atoms with Crippen LogP contribution in [-0.4, -0.2) is 29.1 Å². The Labute approximate surface area is 317 Å². The van der Waals surface area contributed by atoms with Crippen molar-refractivity contribution in [1.29, 1.82) is 5.26 Å². The molecule has 0 atom stereocenters. The molecule has 0 unspecified atom stereocenters. The van der Waals surface area contributed by atoms with Gasteiger partial charge in [0.1, 0.15) is 11.6 Å². The lowest BCUT2D eigenvalue weighted by atomic mass is 9.94. The Hall–Kier alpha value is -7.64. The van der Waals surface area contributed by atoms with Gasteiger partial charge in [0.15, 0.2) is 11.6 Å². The zero-order valence-electron chi connectivity index (χ0n) is 29.3. The standard InChI is InChI=1S/C46H26F3N7/c47-46(48,49)37-12-4-1-9-30(37)33-17-20-42(55-38-13-5-2-10-31(38)34-25-28(15-18-40(34)55)44-51-21-7-22-52-44)36(27-50)43(33)56-39-14-6-3-11-32(39)35-26-29(16-19-41(35)56)45-53-23-8-24-54-45/h1-26H. The molecule has 0 spiro atoms. The number of hydrogen-bond acceptors (Lipinski definition) is 5. The van der Waals surface area contributed by atoms with Crippen molar-refractivity contribution >= 4 is 43.6 Å². The maximum Gasteiger partial charge on any atom is 0.417 e. The molecule has 7 nitrogen and oxygen atoms in total. The van der Waals surface area contributed by atoms with Gasteiger partial charge in [-0.15, -0.1) is 0 Å². The fourth-order valence-electron chi connectivity index (χ4n) is 7.91. The van der Waals surface area contributed by atoms with Gasteiger partial charge >= 0.3 is 6.18 Å². The highest BCUT2D eigenvalue weighted by Crippen LogP contribution is 2.45. The van der Waals surface area contributed by atoms with E-state index in [-0.39, 0.29) is 16.7 Å². The van der Waals surface area contributed by atoms with Crippen LogP contribution in [0.3, 0.4) is 0 Å². The molecule has 6 aromatic carbocycles. The number of rotatable bonds is 5. The van der Waals surface area contributed by atoms with Gasteiger partial charge in [-0.05, 0) is 78.4 Å². The number of nitriles is 1. The molecule has 0 fully saturated rings. The summed E-state index contributed by atoms with van der Waals surface area (Å²) in [7, 11) is 0. The monoisotopic (exact) mass is 733 g/mol. The highest BCUT2D eigenvalue weighted by molar-refractivity contribution is 6.12. The second-order valence-corrected chi connectivity index (χ2v) is 13.3. The molecule has 56 heavy (non-hydrogen) atoms. The SMILES string of the molecule is N#Cc1c(-n2c3ccccc3c3cc(-c4ncccn4)ccc32)ccc(-c2ccccc2C(F)(F)F)c1-n1c2ccccc2c2cc(-c3ncccn3)ccc21. The molecule has 0 radical (unpaired) electrons. The van der Waals surface area contributed by atoms with Crippen molar-refractivity contribution in [2.75, 3.05) is 0 Å². The fourth-order valence-corrected chi connectivity index (χ4v) is 7.91. The van der Waals surface area contributed by atoms with E-state index in [9.17, 15) is 18.4 Å². The summed E-state index contributed by atoms with van der Waals surface area (Å²) >= 11 is 0. The van der Waals surface area contributed by atoms with Crippen LogP contribution in [0.1, 0.15) is 11.1 Å². The van der Waals surface area contributed by atoms with Crippen molar-refractivity contribution in [3.8, 4) is 51.3 Å². The molecule has 4 heterocycles. The number of benzene rings is 6. The molecule has 0 bridgehead atoms. The molecule has 0 aliphatic heterocycles. The summed E-state index contributed by atoms with van der Waals surface area (Å²) in [6.45, 7) is 0. The lowest BCUT2D eigenvalue weighted by Crippen LogP contribution is -2.10. The maximum atomic E-state index is 14.8. The van der Waals surface area contributed by atoms with Gasteiger partial charge in [-0.2, -0.15) is 18.4 Å². The van der Waals surface area contributed by atoms with Crippen molar-refractivity contribution in [2.24, 2.45) is 0 Å². The molecule has 0 saturated heterocycles. The summed E-state index contributed by atoms with van der Waals surface area (Å²) < 4.78 is 48.4. The topological polar surface area (TPSA) is 85.2 Å². The van der Waals surface area contributed by atoms with Crippen LogP contribution < -0.4 is 0 Å². The minimum absolute atomic E-state index is 0.0342. The molecular formula is C46H26F3N7. The molecule has 10 rings (SSSR count). The van der Waals surface area contributed by atoms with Crippen molar-refractivity contribution in [3.63, 3.8) is 0 Å². The van der Waals surface area contributed by atoms with Crippen LogP contribution in [-0.2, 0) is 6.18 Å². The lowest BCUT2D eigenvalue weighted by molar-refractivity contribution is -0.137. The van der Waals surface area contributed by atoms with Gasteiger partial charge in [-0.25, -0.2) is 19.9 Å². The molecule has 0 aliphatic rings. The van der Waals surface area contributed by atoms with Crippen LogP contribution in [0.2, 0.25) is 0 Å². The predicted octanol–water partition coefficient (Wildman–Crippen LogP) is 11.4.